The van der Waals surface area contributed by atoms with Gasteiger partial charge in [-0.05, 0) is 30.7 Å². The van der Waals surface area contributed by atoms with Gasteiger partial charge in [-0.3, -0.25) is 0 Å². The van der Waals surface area contributed by atoms with Crippen LogP contribution in [0.2, 0.25) is 0 Å². The summed E-state index contributed by atoms with van der Waals surface area (Å²) < 4.78 is 5.17. The Bertz CT molecular complexity index is 438. The van der Waals surface area contributed by atoms with E-state index in [-0.39, 0.29) is 6.04 Å². The van der Waals surface area contributed by atoms with E-state index in [1.165, 1.54) is 4.88 Å². The van der Waals surface area contributed by atoms with Crippen molar-refractivity contribution >= 4 is 11.3 Å². The molecule has 0 aliphatic heterocycles. The third kappa shape index (κ3) is 3.38. The Kier molecular flexibility index (Phi) is 4.28. The van der Waals surface area contributed by atoms with Crippen LogP contribution in [0.25, 0.3) is 0 Å². The number of aryl methyl sites for hydroxylation is 2. The summed E-state index contributed by atoms with van der Waals surface area (Å²) in [5, 5.41) is 5.99. The molecule has 17 heavy (non-hydrogen) atoms. The van der Waals surface area contributed by atoms with Gasteiger partial charge in [0.2, 0.25) is 5.89 Å². The Morgan fingerprint density at radius 1 is 1.47 bits per heavy atom. The average Bonchev–Trinajstić information content (AvgIpc) is 2.99. The molecule has 1 unspecified atom stereocenters. The second-order valence-corrected chi connectivity index (χ2v) is 5.03. The second-order valence-electron chi connectivity index (χ2n) is 3.99. The third-order valence-electron chi connectivity index (χ3n) is 2.65. The minimum atomic E-state index is -0.107. The maximum absolute atomic E-state index is 5.83. The summed E-state index contributed by atoms with van der Waals surface area (Å²) in [5.41, 5.74) is 5.83. The van der Waals surface area contributed by atoms with E-state index in [1.807, 2.05) is 6.92 Å². The minimum Gasteiger partial charge on any atom is -0.339 e. The van der Waals surface area contributed by atoms with Crippen molar-refractivity contribution in [1.82, 2.24) is 10.1 Å². The summed E-state index contributed by atoms with van der Waals surface area (Å²) >= 11 is 1.79. The molecule has 0 saturated carbocycles. The van der Waals surface area contributed by atoms with Gasteiger partial charge < -0.3 is 10.3 Å². The largest absolute Gasteiger partial charge is 0.339 e. The fourth-order valence-electron chi connectivity index (χ4n) is 1.57. The van der Waals surface area contributed by atoms with Gasteiger partial charge in [0.15, 0.2) is 5.82 Å². The molecule has 0 aromatic carbocycles. The van der Waals surface area contributed by atoms with Crippen molar-refractivity contribution in [3.05, 3.63) is 34.1 Å². The lowest BCUT2D eigenvalue weighted by Gasteiger charge is -1.99. The lowest BCUT2D eigenvalue weighted by molar-refractivity contribution is 0.367. The molecule has 2 aromatic rings. The Morgan fingerprint density at radius 2 is 2.35 bits per heavy atom. The zero-order chi connectivity index (χ0) is 12.1. The predicted octanol–water partition coefficient (Wildman–Crippen LogP) is 2.72. The summed E-state index contributed by atoms with van der Waals surface area (Å²) in [6.45, 7) is 2.01. The quantitative estimate of drug-likeness (QED) is 0.857. The molecule has 2 aromatic heterocycles. The van der Waals surface area contributed by atoms with E-state index in [4.69, 9.17) is 10.3 Å². The first kappa shape index (κ1) is 12.3. The monoisotopic (exact) mass is 251 g/mol. The highest BCUT2D eigenvalue weighted by molar-refractivity contribution is 7.09. The number of hydrogen-bond acceptors (Lipinski definition) is 5. The van der Waals surface area contributed by atoms with Crippen molar-refractivity contribution in [3.8, 4) is 0 Å². The van der Waals surface area contributed by atoms with Gasteiger partial charge in [0.1, 0.15) is 0 Å². The molecule has 4 nitrogen and oxygen atoms in total. The van der Waals surface area contributed by atoms with Crippen molar-refractivity contribution in [2.45, 2.75) is 38.6 Å². The van der Waals surface area contributed by atoms with Crippen LogP contribution in [-0.2, 0) is 12.8 Å². The van der Waals surface area contributed by atoms with Crippen molar-refractivity contribution in [3.63, 3.8) is 0 Å². The first-order valence-electron chi connectivity index (χ1n) is 5.90. The minimum absolute atomic E-state index is 0.107. The van der Waals surface area contributed by atoms with Gasteiger partial charge in [-0.1, -0.05) is 18.1 Å². The summed E-state index contributed by atoms with van der Waals surface area (Å²) in [6, 6.07) is 4.12. The number of thiophene rings is 1. The first-order valence-corrected chi connectivity index (χ1v) is 6.78. The molecule has 0 bridgehead atoms. The zero-order valence-corrected chi connectivity index (χ0v) is 10.7. The van der Waals surface area contributed by atoms with Gasteiger partial charge in [0.25, 0.3) is 0 Å². The number of rotatable bonds is 6. The second kappa shape index (κ2) is 5.93. The van der Waals surface area contributed by atoms with E-state index in [1.54, 1.807) is 11.3 Å². The molecule has 0 radical (unpaired) electrons. The topological polar surface area (TPSA) is 64.9 Å². The smallest absolute Gasteiger partial charge is 0.226 e. The van der Waals surface area contributed by atoms with E-state index in [0.717, 1.165) is 25.7 Å². The van der Waals surface area contributed by atoms with E-state index < -0.39 is 0 Å². The van der Waals surface area contributed by atoms with Gasteiger partial charge in [0, 0.05) is 11.3 Å². The highest BCUT2D eigenvalue weighted by Crippen LogP contribution is 2.14. The first-order chi connectivity index (χ1) is 8.29. The molecule has 0 spiro atoms. The molecule has 92 valence electrons. The molecule has 0 aliphatic carbocycles. The molecule has 0 aliphatic rings. The molecule has 0 fully saturated rings. The Hall–Kier alpha value is -1.20. The van der Waals surface area contributed by atoms with Gasteiger partial charge in [0.05, 0.1) is 6.04 Å². The van der Waals surface area contributed by atoms with E-state index in [2.05, 4.69) is 27.7 Å². The molecule has 5 heteroatoms. The standard InChI is InChI=1S/C12H17N3OS/c1-2-10(13)12-14-11(16-15-12)7-3-5-9-6-4-8-17-9/h4,6,8,10H,2-3,5,7,13H2,1H3. The fraction of sp³-hybridized carbons (Fsp3) is 0.500. The van der Waals surface area contributed by atoms with Crippen LogP contribution in [0.5, 0.6) is 0 Å². The van der Waals surface area contributed by atoms with Crippen LogP contribution in [0.1, 0.15) is 42.4 Å². The number of hydrogen-bond donors (Lipinski definition) is 1. The van der Waals surface area contributed by atoms with Crippen LogP contribution in [0, 0.1) is 0 Å². The van der Waals surface area contributed by atoms with Crippen LogP contribution in [0.3, 0.4) is 0 Å². The summed E-state index contributed by atoms with van der Waals surface area (Å²) in [6.07, 6.45) is 3.74. The summed E-state index contributed by atoms with van der Waals surface area (Å²) in [4.78, 5) is 5.70. The zero-order valence-electron chi connectivity index (χ0n) is 9.93. The number of nitrogens with two attached hydrogens (primary N) is 1. The molecule has 1 atom stereocenters. The van der Waals surface area contributed by atoms with Crippen LogP contribution < -0.4 is 5.73 Å². The lowest BCUT2D eigenvalue weighted by Crippen LogP contribution is -2.10. The maximum atomic E-state index is 5.83. The Morgan fingerprint density at radius 3 is 3.06 bits per heavy atom. The SMILES string of the molecule is CCC(N)c1noc(CCCc2cccs2)n1. The highest BCUT2D eigenvalue weighted by Gasteiger charge is 2.11. The molecule has 0 saturated heterocycles. The van der Waals surface area contributed by atoms with Crippen LogP contribution in [0.15, 0.2) is 22.0 Å². The van der Waals surface area contributed by atoms with Gasteiger partial charge >= 0.3 is 0 Å². The number of aromatic nitrogens is 2. The van der Waals surface area contributed by atoms with Gasteiger partial charge in [-0.25, -0.2) is 0 Å². The maximum Gasteiger partial charge on any atom is 0.226 e. The molecular formula is C12H17N3OS. The molecule has 2 rings (SSSR count). The van der Waals surface area contributed by atoms with Crippen LogP contribution >= 0.6 is 11.3 Å². The van der Waals surface area contributed by atoms with E-state index in [9.17, 15) is 0 Å². The van der Waals surface area contributed by atoms with Crippen molar-refractivity contribution < 1.29 is 4.52 Å². The number of nitrogens with zero attached hydrogens (tertiary/aromatic N) is 2. The van der Waals surface area contributed by atoms with Gasteiger partial charge in [-0.15, -0.1) is 11.3 Å². The highest BCUT2D eigenvalue weighted by atomic mass is 32.1. The van der Waals surface area contributed by atoms with Gasteiger partial charge in [-0.2, -0.15) is 4.98 Å². The molecule has 2 heterocycles. The summed E-state index contributed by atoms with van der Waals surface area (Å²) in [7, 11) is 0. The average molecular weight is 251 g/mol. The van der Waals surface area contributed by atoms with E-state index in [0.29, 0.717) is 11.7 Å². The molecule has 0 amide bonds. The normalized spacial score (nSPS) is 12.8. The molecule has 2 N–H and O–H groups in total. The van der Waals surface area contributed by atoms with Crippen molar-refractivity contribution in [2.75, 3.05) is 0 Å². The Balaban J connectivity index is 1.81. The Labute approximate surface area is 105 Å². The summed E-state index contributed by atoms with van der Waals surface area (Å²) in [5.74, 6) is 1.32. The van der Waals surface area contributed by atoms with Crippen LogP contribution in [-0.4, -0.2) is 10.1 Å². The van der Waals surface area contributed by atoms with Crippen LogP contribution in [0.4, 0.5) is 0 Å². The van der Waals surface area contributed by atoms with Crippen molar-refractivity contribution in [1.29, 1.82) is 0 Å². The lowest BCUT2D eigenvalue weighted by atomic mass is 10.2. The fourth-order valence-corrected chi connectivity index (χ4v) is 2.32. The molecular weight excluding hydrogens is 234 g/mol. The van der Waals surface area contributed by atoms with Crippen molar-refractivity contribution in [2.24, 2.45) is 5.73 Å². The third-order valence-corrected chi connectivity index (χ3v) is 3.59. The van der Waals surface area contributed by atoms with E-state index >= 15 is 0 Å². The predicted molar refractivity (Wildman–Crippen MR) is 67.9 cm³/mol.